The van der Waals surface area contributed by atoms with E-state index in [1.807, 2.05) is 0 Å². The van der Waals surface area contributed by atoms with Crippen molar-refractivity contribution in [1.82, 2.24) is 5.32 Å². The lowest BCUT2D eigenvalue weighted by atomic mass is 10.2. The van der Waals surface area contributed by atoms with E-state index in [1.54, 1.807) is 30.3 Å². The van der Waals surface area contributed by atoms with Gasteiger partial charge in [-0.3, -0.25) is 4.79 Å². The van der Waals surface area contributed by atoms with Crippen LogP contribution in [0.4, 0.5) is 4.39 Å². The van der Waals surface area contributed by atoms with E-state index in [9.17, 15) is 9.18 Å². The molecule has 0 radical (unpaired) electrons. The molecule has 0 aliphatic heterocycles. The highest BCUT2D eigenvalue weighted by atomic mass is 79.9. The Morgan fingerprint density at radius 2 is 1.95 bits per heavy atom. The zero-order chi connectivity index (χ0) is 15.9. The summed E-state index contributed by atoms with van der Waals surface area (Å²) in [5.74, 6) is 0.0469. The quantitative estimate of drug-likeness (QED) is 0.825. The number of hydrogen-bond donors (Lipinski definition) is 2. The fourth-order valence-corrected chi connectivity index (χ4v) is 2.24. The summed E-state index contributed by atoms with van der Waals surface area (Å²) in [5, 5.41) is 11.2. The molecule has 0 aliphatic rings. The maximum absolute atomic E-state index is 13.0. The van der Waals surface area contributed by atoms with Gasteiger partial charge < -0.3 is 15.2 Å². The van der Waals surface area contributed by atoms with Gasteiger partial charge in [0.25, 0.3) is 5.91 Å². The third-order valence-electron chi connectivity index (χ3n) is 2.92. The monoisotopic (exact) mass is 367 g/mol. The van der Waals surface area contributed by atoms with Crippen molar-refractivity contribution in [2.75, 3.05) is 13.2 Å². The number of aliphatic hydroxyl groups is 1. The van der Waals surface area contributed by atoms with Crippen LogP contribution in [0.5, 0.6) is 5.75 Å². The van der Waals surface area contributed by atoms with Crippen molar-refractivity contribution >= 4 is 21.8 Å². The van der Waals surface area contributed by atoms with Gasteiger partial charge in [-0.15, -0.1) is 0 Å². The van der Waals surface area contributed by atoms with Gasteiger partial charge in [0.2, 0.25) is 0 Å². The zero-order valence-electron chi connectivity index (χ0n) is 11.7. The standard InChI is InChI=1S/C16H15BrFNO3/c17-15-9-13(18)4-1-12(15)10-22-14-5-2-11(3-6-14)16(21)19-7-8-20/h1-6,9,20H,7-8,10H2,(H,19,21). The van der Waals surface area contributed by atoms with E-state index < -0.39 is 0 Å². The van der Waals surface area contributed by atoms with Crippen LogP contribution in [0.25, 0.3) is 0 Å². The molecule has 0 unspecified atom stereocenters. The second-order valence-corrected chi connectivity index (χ2v) is 5.38. The predicted octanol–water partition coefficient (Wildman–Crippen LogP) is 2.89. The van der Waals surface area contributed by atoms with E-state index in [0.717, 1.165) is 5.56 Å². The zero-order valence-corrected chi connectivity index (χ0v) is 13.3. The van der Waals surface area contributed by atoms with Crippen molar-refractivity contribution in [2.24, 2.45) is 0 Å². The third kappa shape index (κ3) is 4.54. The van der Waals surface area contributed by atoms with Gasteiger partial charge in [0, 0.05) is 22.1 Å². The van der Waals surface area contributed by atoms with E-state index in [-0.39, 0.29) is 31.5 Å². The topological polar surface area (TPSA) is 58.6 Å². The molecule has 22 heavy (non-hydrogen) atoms. The molecule has 6 heteroatoms. The largest absolute Gasteiger partial charge is 0.489 e. The van der Waals surface area contributed by atoms with Crippen molar-refractivity contribution in [3.8, 4) is 5.75 Å². The smallest absolute Gasteiger partial charge is 0.251 e. The number of carbonyl (C=O) groups is 1. The minimum atomic E-state index is -0.311. The summed E-state index contributed by atoms with van der Waals surface area (Å²) in [4.78, 5) is 11.7. The molecule has 0 spiro atoms. The van der Waals surface area contributed by atoms with Crippen LogP contribution in [0.2, 0.25) is 0 Å². The first-order valence-corrected chi connectivity index (χ1v) is 7.45. The molecular weight excluding hydrogens is 353 g/mol. The van der Waals surface area contributed by atoms with Gasteiger partial charge in [0.15, 0.2) is 0 Å². The van der Waals surface area contributed by atoms with Crippen LogP contribution in [-0.2, 0) is 6.61 Å². The maximum Gasteiger partial charge on any atom is 0.251 e. The van der Waals surface area contributed by atoms with E-state index >= 15 is 0 Å². The van der Waals surface area contributed by atoms with Gasteiger partial charge in [-0.05, 0) is 36.4 Å². The molecule has 0 aliphatic carbocycles. The van der Waals surface area contributed by atoms with Crippen LogP contribution >= 0.6 is 15.9 Å². The highest BCUT2D eigenvalue weighted by Gasteiger charge is 2.06. The number of nitrogens with one attached hydrogen (secondary N) is 1. The summed E-state index contributed by atoms with van der Waals surface area (Å²) in [5.41, 5.74) is 1.31. The first-order chi connectivity index (χ1) is 10.6. The summed E-state index contributed by atoms with van der Waals surface area (Å²) in [6, 6.07) is 11.1. The molecule has 2 aromatic carbocycles. The molecule has 4 nitrogen and oxygen atoms in total. The number of benzene rings is 2. The molecule has 0 fully saturated rings. The molecule has 0 bridgehead atoms. The molecule has 0 saturated carbocycles. The van der Waals surface area contributed by atoms with Crippen LogP contribution in [0.3, 0.4) is 0 Å². The molecule has 2 aromatic rings. The lowest BCUT2D eigenvalue weighted by Gasteiger charge is -2.09. The molecule has 2 N–H and O–H groups in total. The minimum absolute atomic E-state index is 0.0977. The number of hydrogen-bond acceptors (Lipinski definition) is 3. The second-order valence-electron chi connectivity index (χ2n) is 4.53. The van der Waals surface area contributed by atoms with Crippen molar-refractivity contribution < 1.29 is 19.0 Å². The van der Waals surface area contributed by atoms with Crippen LogP contribution < -0.4 is 10.1 Å². The van der Waals surface area contributed by atoms with Gasteiger partial charge in [0.05, 0.1) is 6.61 Å². The van der Waals surface area contributed by atoms with Crippen molar-refractivity contribution in [3.63, 3.8) is 0 Å². The van der Waals surface area contributed by atoms with E-state index in [2.05, 4.69) is 21.2 Å². The number of ether oxygens (including phenoxy) is 1. The summed E-state index contributed by atoms with van der Waals surface area (Å²) >= 11 is 3.28. The highest BCUT2D eigenvalue weighted by Crippen LogP contribution is 2.20. The molecule has 0 heterocycles. The van der Waals surface area contributed by atoms with Gasteiger partial charge in [-0.2, -0.15) is 0 Å². The number of halogens is 2. The van der Waals surface area contributed by atoms with Crippen LogP contribution in [0.15, 0.2) is 46.9 Å². The molecular formula is C16H15BrFNO3. The Hall–Kier alpha value is -1.92. The minimum Gasteiger partial charge on any atom is -0.489 e. The number of aliphatic hydroxyl groups excluding tert-OH is 1. The molecule has 0 aromatic heterocycles. The predicted molar refractivity (Wildman–Crippen MR) is 84.3 cm³/mol. The normalized spacial score (nSPS) is 10.3. The SMILES string of the molecule is O=C(NCCO)c1ccc(OCc2ccc(F)cc2Br)cc1. The Morgan fingerprint density at radius 3 is 2.59 bits per heavy atom. The lowest BCUT2D eigenvalue weighted by molar-refractivity contribution is 0.0944. The third-order valence-corrected chi connectivity index (χ3v) is 3.66. The highest BCUT2D eigenvalue weighted by molar-refractivity contribution is 9.10. The summed E-state index contributed by atoms with van der Waals surface area (Å²) in [6.45, 7) is 0.409. The number of amides is 1. The van der Waals surface area contributed by atoms with Crippen LogP contribution in [0, 0.1) is 5.82 Å². The molecule has 116 valence electrons. The lowest BCUT2D eigenvalue weighted by Crippen LogP contribution is -2.26. The van der Waals surface area contributed by atoms with Gasteiger partial charge in [0.1, 0.15) is 18.2 Å². The van der Waals surface area contributed by atoms with Gasteiger partial charge >= 0.3 is 0 Å². The Labute approximate surface area is 136 Å². The summed E-state index contributed by atoms with van der Waals surface area (Å²) in [6.07, 6.45) is 0. The Bertz CT molecular complexity index is 646. The van der Waals surface area contributed by atoms with E-state index in [4.69, 9.17) is 9.84 Å². The van der Waals surface area contributed by atoms with Gasteiger partial charge in [-0.25, -0.2) is 4.39 Å². The van der Waals surface area contributed by atoms with E-state index in [1.165, 1.54) is 12.1 Å². The van der Waals surface area contributed by atoms with Crippen LogP contribution in [0.1, 0.15) is 15.9 Å². The molecule has 2 rings (SSSR count). The number of rotatable bonds is 6. The molecule has 0 atom stereocenters. The molecule has 1 amide bonds. The Morgan fingerprint density at radius 1 is 1.23 bits per heavy atom. The first-order valence-electron chi connectivity index (χ1n) is 6.66. The van der Waals surface area contributed by atoms with Gasteiger partial charge in [-0.1, -0.05) is 22.0 Å². The fourth-order valence-electron chi connectivity index (χ4n) is 1.77. The summed E-state index contributed by atoms with van der Waals surface area (Å²) < 4.78 is 19.2. The average Bonchev–Trinajstić information content (AvgIpc) is 2.52. The Kier molecular flexibility index (Phi) is 5.91. The van der Waals surface area contributed by atoms with Crippen molar-refractivity contribution in [3.05, 3.63) is 63.9 Å². The Balaban J connectivity index is 1.95. The number of carbonyl (C=O) groups excluding carboxylic acids is 1. The van der Waals surface area contributed by atoms with E-state index in [0.29, 0.717) is 15.8 Å². The average molecular weight is 368 g/mol. The van der Waals surface area contributed by atoms with Crippen molar-refractivity contribution in [1.29, 1.82) is 0 Å². The molecule has 0 saturated heterocycles. The summed E-state index contributed by atoms with van der Waals surface area (Å²) in [7, 11) is 0. The van der Waals surface area contributed by atoms with Crippen LogP contribution in [-0.4, -0.2) is 24.2 Å². The maximum atomic E-state index is 13.0. The first kappa shape index (κ1) is 16.5. The second kappa shape index (κ2) is 7.91. The fraction of sp³-hybridized carbons (Fsp3) is 0.188. The van der Waals surface area contributed by atoms with Crippen molar-refractivity contribution in [2.45, 2.75) is 6.61 Å².